The molecule has 2 aromatic rings. The Morgan fingerprint density at radius 3 is 2.46 bits per heavy atom. The van der Waals surface area contributed by atoms with Crippen LogP contribution in [0.1, 0.15) is 18.1 Å². The number of carbonyl (C=O) groups is 1. The molecule has 2 aromatic carbocycles. The van der Waals surface area contributed by atoms with Crippen LogP contribution in [0.5, 0.6) is 5.75 Å². The molecule has 2 N–H and O–H groups in total. The van der Waals surface area contributed by atoms with E-state index in [1.54, 1.807) is 12.1 Å². The highest BCUT2D eigenvalue weighted by atomic mass is 16.5. The lowest BCUT2D eigenvalue weighted by molar-refractivity contribution is -0.114. The molecule has 0 radical (unpaired) electrons. The Hall–Kier alpha value is -2.37. The largest absolute Gasteiger partial charge is 0.489 e. The number of β-amino-alcohol motifs (C(OH)–C–C–N with tert-alkyl or cyclic N) is 1. The van der Waals surface area contributed by atoms with Crippen LogP contribution in [0.2, 0.25) is 0 Å². The summed E-state index contributed by atoms with van der Waals surface area (Å²) in [6.07, 6.45) is -0.593. The van der Waals surface area contributed by atoms with E-state index in [4.69, 9.17) is 4.74 Å². The fourth-order valence-electron chi connectivity index (χ4n) is 2.95. The molecule has 0 spiro atoms. The highest BCUT2D eigenvalue weighted by molar-refractivity contribution is 5.90. The molecule has 0 saturated carbocycles. The van der Waals surface area contributed by atoms with Crippen molar-refractivity contribution in [1.82, 2.24) is 4.90 Å². The average Bonchev–Trinajstić information content (AvgIpc) is 2.95. The predicted octanol–water partition coefficient (Wildman–Crippen LogP) is 2.40. The number of aliphatic hydroxyl groups is 1. The zero-order valence-electron chi connectivity index (χ0n) is 13.7. The van der Waals surface area contributed by atoms with Crippen LogP contribution in [0, 0.1) is 0 Å². The molecule has 0 aliphatic carbocycles. The molecule has 0 saturated heterocycles. The van der Waals surface area contributed by atoms with Gasteiger partial charge in [0.2, 0.25) is 5.91 Å². The number of hydrogen-bond acceptors (Lipinski definition) is 4. The number of aliphatic hydroxyl groups excluding tert-OH is 1. The number of hydrogen-bond donors (Lipinski definition) is 2. The van der Waals surface area contributed by atoms with E-state index in [0.29, 0.717) is 18.0 Å². The second-order valence-corrected chi connectivity index (χ2v) is 6.08. The van der Waals surface area contributed by atoms with Crippen molar-refractivity contribution in [2.75, 3.05) is 18.5 Å². The normalized spacial score (nSPS) is 14.9. The summed E-state index contributed by atoms with van der Waals surface area (Å²) < 4.78 is 5.70. The van der Waals surface area contributed by atoms with Crippen LogP contribution in [0.4, 0.5) is 5.69 Å². The van der Waals surface area contributed by atoms with E-state index in [1.165, 1.54) is 18.1 Å². The minimum Gasteiger partial charge on any atom is -0.489 e. The first kappa shape index (κ1) is 16.5. The molecule has 3 rings (SSSR count). The molecule has 0 bridgehead atoms. The minimum atomic E-state index is -0.593. The second-order valence-electron chi connectivity index (χ2n) is 6.08. The third-order valence-electron chi connectivity index (χ3n) is 4.00. The summed E-state index contributed by atoms with van der Waals surface area (Å²) in [5, 5.41) is 13.0. The topological polar surface area (TPSA) is 61.8 Å². The molecule has 1 aliphatic heterocycles. The molecule has 1 unspecified atom stereocenters. The lowest BCUT2D eigenvalue weighted by Gasteiger charge is -2.20. The van der Waals surface area contributed by atoms with Gasteiger partial charge >= 0.3 is 0 Å². The van der Waals surface area contributed by atoms with Crippen LogP contribution >= 0.6 is 0 Å². The van der Waals surface area contributed by atoms with Crippen LogP contribution in [-0.2, 0) is 17.9 Å². The zero-order valence-corrected chi connectivity index (χ0v) is 13.7. The van der Waals surface area contributed by atoms with Crippen LogP contribution in [0.3, 0.4) is 0 Å². The number of benzene rings is 2. The molecule has 126 valence electrons. The van der Waals surface area contributed by atoms with E-state index in [0.717, 1.165) is 13.1 Å². The van der Waals surface area contributed by atoms with Crippen molar-refractivity contribution in [3.05, 3.63) is 59.7 Å². The van der Waals surface area contributed by atoms with Crippen LogP contribution in [-0.4, -0.2) is 35.2 Å². The Kier molecular flexibility index (Phi) is 5.13. The van der Waals surface area contributed by atoms with Gasteiger partial charge in [0.05, 0.1) is 5.69 Å². The quantitative estimate of drug-likeness (QED) is 0.856. The molecule has 1 amide bonds. The SMILES string of the molecule is CC(=O)Nc1ccccc1OCC(O)CN1Cc2ccccc2C1. The minimum absolute atomic E-state index is 0.151. The number of para-hydroxylation sites is 2. The molecular formula is C19H22N2O3. The first-order valence-corrected chi connectivity index (χ1v) is 8.08. The third kappa shape index (κ3) is 4.13. The van der Waals surface area contributed by atoms with Gasteiger partial charge in [-0.25, -0.2) is 0 Å². The van der Waals surface area contributed by atoms with Gasteiger partial charge in [0.1, 0.15) is 18.5 Å². The van der Waals surface area contributed by atoms with Gasteiger partial charge in [-0.15, -0.1) is 0 Å². The van der Waals surface area contributed by atoms with Gasteiger partial charge in [-0.2, -0.15) is 0 Å². The maximum absolute atomic E-state index is 11.2. The van der Waals surface area contributed by atoms with Crippen LogP contribution in [0.25, 0.3) is 0 Å². The van der Waals surface area contributed by atoms with Crippen molar-refractivity contribution in [2.24, 2.45) is 0 Å². The maximum atomic E-state index is 11.2. The fraction of sp³-hybridized carbons (Fsp3) is 0.316. The number of nitrogens with one attached hydrogen (secondary N) is 1. The lowest BCUT2D eigenvalue weighted by atomic mass is 10.1. The van der Waals surface area contributed by atoms with E-state index in [9.17, 15) is 9.90 Å². The molecule has 1 aliphatic rings. The summed E-state index contributed by atoms with van der Waals surface area (Å²) >= 11 is 0. The monoisotopic (exact) mass is 326 g/mol. The van der Waals surface area contributed by atoms with Gasteiger partial charge in [0.15, 0.2) is 0 Å². The zero-order chi connectivity index (χ0) is 16.9. The van der Waals surface area contributed by atoms with Gasteiger partial charge in [0, 0.05) is 26.6 Å². The van der Waals surface area contributed by atoms with Crippen molar-refractivity contribution < 1.29 is 14.6 Å². The molecular weight excluding hydrogens is 304 g/mol. The summed E-state index contributed by atoms with van der Waals surface area (Å²) in [6, 6.07) is 15.6. The van der Waals surface area contributed by atoms with Crippen molar-refractivity contribution in [3.63, 3.8) is 0 Å². The molecule has 0 aromatic heterocycles. The van der Waals surface area contributed by atoms with Gasteiger partial charge in [-0.1, -0.05) is 36.4 Å². The maximum Gasteiger partial charge on any atom is 0.221 e. The highest BCUT2D eigenvalue weighted by Gasteiger charge is 2.21. The molecule has 0 fully saturated rings. The highest BCUT2D eigenvalue weighted by Crippen LogP contribution is 2.25. The number of anilines is 1. The first-order chi connectivity index (χ1) is 11.6. The molecule has 24 heavy (non-hydrogen) atoms. The summed E-state index contributed by atoms with van der Waals surface area (Å²) in [7, 11) is 0. The van der Waals surface area contributed by atoms with E-state index in [-0.39, 0.29) is 12.5 Å². The van der Waals surface area contributed by atoms with Crippen LogP contribution in [0.15, 0.2) is 48.5 Å². The Morgan fingerprint density at radius 2 is 1.79 bits per heavy atom. The Bertz CT molecular complexity index is 692. The van der Waals surface area contributed by atoms with Crippen molar-refractivity contribution in [3.8, 4) is 5.75 Å². The smallest absolute Gasteiger partial charge is 0.221 e. The number of amides is 1. The van der Waals surface area contributed by atoms with Crippen LogP contribution < -0.4 is 10.1 Å². The van der Waals surface area contributed by atoms with Crippen molar-refractivity contribution in [1.29, 1.82) is 0 Å². The van der Waals surface area contributed by atoms with E-state index < -0.39 is 6.10 Å². The van der Waals surface area contributed by atoms with Gasteiger partial charge in [0.25, 0.3) is 0 Å². The Balaban J connectivity index is 1.52. The summed E-state index contributed by atoms with van der Waals surface area (Å²) in [5.74, 6) is 0.415. The average molecular weight is 326 g/mol. The lowest BCUT2D eigenvalue weighted by Crippen LogP contribution is -2.32. The van der Waals surface area contributed by atoms with E-state index in [2.05, 4.69) is 22.3 Å². The first-order valence-electron chi connectivity index (χ1n) is 8.08. The van der Waals surface area contributed by atoms with Crippen molar-refractivity contribution >= 4 is 11.6 Å². The number of carbonyl (C=O) groups excluding carboxylic acids is 1. The molecule has 5 heteroatoms. The van der Waals surface area contributed by atoms with E-state index in [1.807, 2.05) is 24.3 Å². The molecule has 1 atom stereocenters. The number of nitrogens with zero attached hydrogens (tertiary/aromatic N) is 1. The molecule has 5 nitrogen and oxygen atoms in total. The fourth-order valence-corrected chi connectivity index (χ4v) is 2.95. The number of ether oxygens (including phenoxy) is 1. The number of fused-ring (bicyclic) bond motifs is 1. The summed E-state index contributed by atoms with van der Waals surface area (Å²) in [6.45, 7) is 3.91. The van der Waals surface area contributed by atoms with Gasteiger partial charge < -0.3 is 15.2 Å². The van der Waals surface area contributed by atoms with Gasteiger partial charge in [-0.05, 0) is 23.3 Å². The second kappa shape index (κ2) is 7.47. The summed E-state index contributed by atoms with van der Waals surface area (Å²) in [5.41, 5.74) is 3.26. The number of rotatable bonds is 6. The molecule has 1 heterocycles. The summed E-state index contributed by atoms with van der Waals surface area (Å²) in [4.78, 5) is 13.4. The van der Waals surface area contributed by atoms with E-state index >= 15 is 0 Å². The third-order valence-corrected chi connectivity index (χ3v) is 4.00. The Labute approximate surface area is 141 Å². The standard InChI is InChI=1S/C19H22N2O3/c1-14(22)20-18-8-4-5-9-19(18)24-13-17(23)12-21-10-15-6-2-3-7-16(15)11-21/h2-9,17,23H,10-13H2,1H3,(H,20,22). The van der Waals surface area contributed by atoms with Gasteiger partial charge in [-0.3, -0.25) is 9.69 Å². The van der Waals surface area contributed by atoms with Crippen molar-refractivity contribution in [2.45, 2.75) is 26.1 Å². The predicted molar refractivity (Wildman–Crippen MR) is 92.8 cm³/mol. The Morgan fingerprint density at radius 1 is 1.17 bits per heavy atom.